The fraction of sp³-hybridized carbons (Fsp3) is 0.462. The summed E-state index contributed by atoms with van der Waals surface area (Å²) in [7, 11) is 0. The van der Waals surface area contributed by atoms with Crippen LogP contribution in [0.3, 0.4) is 0 Å². The predicted octanol–water partition coefficient (Wildman–Crippen LogP) is 6.44. The van der Waals surface area contributed by atoms with Crippen LogP contribution in [0.1, 0.15) is 64.4 Å². The first-order valence-electron chi connectivity index (χ1n) is 11.7. The first-order valence-corrected chi connectivity index (χ1v) is 11.7. The first kappa shape index (κ1) is 23.6. The molecule has 0 aliphatic rings. The molecule has 1 heterocycles. The summed E-state index contributed by atoms with van der Waals surface area (Å²) < 4.78 is 11.7. The van der Waals surface area contributed by atoms with Crippen LogP contribution in [0.15, 0.2) is 52.9 Å². The third kappa shape index (κ3) is 6.74. The van der Waals surface area contributed by atoms with Crippen molar-refractivity contribution in [1.82, 2.24) is 4.98 Å². The van der Waals surface area contributed by atoms with Crippen molar-refractivity contribution in [3.8, 4) is 5.75 Å². The van der Waals surface area contributed by atoms with Crippen LogP contribution in [0.5, 0.6) is 5.75 Å². The first-order chi connectivity index (χ1) is 15.6. The Kier molecular flexibility index (Phi) is 8.96. The predicted molar refractivity (Wildman–Crippen MR) is 127 cm³/mol. The number of aromatic nitrogens is 1. The number of aliphatic carboxylic acids is 1. The standard InChI is InChI=1S/C26H34N2O4/c1-3-5-6-7-8-11-17-28(26-27-22-15-9-10-16-24(22)32-26)19-20-13-12-14-21(18-20)31-23(4-2)25(29)30/h9-10,12-16,18,23H,3-8,11,17,19H2,1-2H3,(H,29,30). The number of anilines is 1. The summed E-state index contributed by atoms with van der Waals surface area (Å²) in [5.41, 5.74) is 2.65. The normalized spacial score (nSPS) is 12.1. The Bertz CT molecular complexity index is 952. The molecular formula is C26H34N2O4. The van der Waals surface area contributed by atoms with Gasteiger partial charge in [-0.05, 0) is 42.7 Å². The van der Waals surface area contributed by atoms with Gasteiger partial charge in [-0.1, -0.05) is 70.2 Å². The van der Waals surface area contributed by atoms with Gasteiger partial charge in [0, 0.05) is 13.1 Å². The van der Waals surface area contributed by atoms with Crippen molar-refractivity contribution in [2.45, 2.75) is 71.4 Å². The molecule has 1 unspecified atom stereocenters. The van der Waals surface area contributed by atoms with Gasteiger partial charge >= 0.3 is 5.97 Å². The summed E-state index contributed by atoms with van der Waals surface area (Å²) in [5.74, 6) is -0.386. The van der Waals surface area contributed by atoms with Gasteiger partial charge in [-0.3, -0.25) is 0 Å². The van der Waals surface area contributed by atoms with Crippen molar-refractivity contribution in [3.63, 3.8) is 0 Å². The van der Waals surface area contributed by atoms with Gasteiger partial charge in [0.25, 0.3) is 6.01 Å². The number of carboxylic acid groups (broad SMARTS) is 1. The van der Waals surface area contributed by atoms with Gasteiger partial charge in [0.15, 0.2) is 11.7 Å². The minimum Gasteiger partial charge on any atom is -0.479 e. The smallest absolute Gasteiger partial charge is 0.344 e. The number of benzene rings is 2. The molecule has 0 fully saturated rings. The lowest BCUT2D eigenvalue weighted by molar-refractivity contribution is -0.145. The van der Waals surface area contributed by atoms with Gasteiger partial charge in [-0.2, -0.15) is 4.98 Å². The molecule has 0 amide bonds. The number of para-hydroxylation sites is 2. The van der Waals surface area contributed by atoms with E-state index in [4.69, 9.17) is 14.1 Å². The Morgan fingerprint density at radius 1 is 1.06 bits per heavy atom. The molecule has 1 N–H and O–H groups in total. The lowest BCUT2D eigenvalue weighted by Crippen LogP contribution is -2.26. The van der Waals surface area contributed by atoms with Crippen LogP contribution in [0, 0.1) is 0 Å². The van der Waals surface area contributed by atoms with Crippen LogP contribution in [0.4, 0.5) is 6.01 Å². The Morgan fingerprint density at radius 2 is 1.84 bits per heavy atom. The van der Waals surface area contributed by atoms with Crippen LogP contribution < -0.4 is 9.64 Å². The van der Waals surface area contributed by atoms with Gasteiger partial charge < -0.3 is 19.2 Å². The van der Waals surface area contributed by atoms with Crippen LogP contribution in [-0.4, -0.2) is 28.7 Å². The molecule has 172 valence electrons. The number of fused-ring (bicyclic) bond motifs is 1. The molecule has 0 spiro atoms. The Hall–Kier alpha value is -3.02. The fourth-order valence-electron chi connectivity index (χ4n) is 3.73. The topological polar surface area (TPSA) is 75.8 Å². The quantitative estimate of drug-likeness (QED) is 0.292. The number of nitrogens with zero attached hydrogens (tertiary/aromatic N) is 2. The number of hydrogen-bond acceptors (Lipinski definition) is 5. The summed E-state index contributed by atoms with van der Waals surface area (Å²) in [6.07, 6.45) is 6.86. The zero-order chi connectivity index (χ0) is 22.8. The van der Waals surface area contributed by atoms with Crippen LogP contribution in [-0.2, 0) is 11.3 Å². The Labute approximate surface area is 190 Å². The Balaban J connectivity index is 1.73. The van der Waals surface area contributed by atoms with Crippen molar-refractivity contribution in [1.29, 1.82) is 0 Å². The van der Waals surface area contributed by atoms with E-state index in [9.17, 15) is 9.90 Å². The molecule has 6 nitrogen and oxygen atoms in total. The number of oxazole rings is 1. The molecule has 1 aromatic heterocycles. The molecule has 2 aromatic carbocycles. The molecule has 3 aromatic rings. The summed E-state index contributed by atoms with van der Waals surface area (Å²) in [5, 5.41) is 9.29. The lowest BCUT2D eigenvalue weighted by atomic mass is 10.1. The number of ether oxygens (including phenoxy) is 1. The van der Waals surface area contributed by atoms with E-state index in [0.29, 0.717) is 24.7 Å². The summed E-state index contributed by atoms with van der Waals surface area (Å²) in [4.78, 5) is 18.2. The second-order valence-corrected chi connectivity index (χ2v) is 8.15. The number of rotatable bonds is 14. The van der Waals surface area contributed by atoms with Gasteiger partial charge in [0.05, 0.1) is 0 Å². The van der Waals surface area contributed by atoms with Crippen molar-refractivity contribution >= 4 is 23.1 Å². The SMILES string of the molecule is CCCCCCCCN(Cc1cccc(OC(CC)C(=O)O)c1)c1nc2ccccc2o1. The monoisotopic (exact) mass is 438 g/mol. The lowest BCUT2D eigenvalue weighted by Gasteiger charge is -2.21. The van der Waals surface area contributed by atoms with Gasteiger partial charge in [-0.15, -0.1) is 0 Å². The van der Waals surface area contributed by atoms with E-state index in [2.05, 4.69) is 11.8 Å². The maximum atomic E-state index is 11.3. The van der Waals surface area contributed by atoms with Gasteiger partial charge in [0.2, 0.25) is 0 Å². The van der Waals surface area contributed by atoms with Crippen LogP contribution in [0.25, 0.3) is 11.1 Å². The highest BCUT2D eigenvalue weighted by atomic mass is 16.5. The molecule has 0 radical (unpaired) electrons. The summed E-state index contributed by atoms with van der Waals surface area (Å²) in [6.45, 7) is 5.49. The maximum absolute atomic E-state index is 11.3. The van der Waals surface area contributed by atoms with Crippen molar-refractivity contribution < 1.29 is 19.1 Å². The average molecular weight is 439 g/mol. The highest BCUT2D eigenvalue weighted by Crippen LogP contribution is 2.25. The second-order valence-electron chi connectivity index (χ2n) is 8.15. The number of carbonyl (C=O) groups is 1. The highest BCUT2D eigenvalue weighted by Gasteiger charge is 2.18. The van der Waals surface area contributed by atoms with E-state index in [1.165, 1.54) is 32.1 Å². The van der Waals surface area contributed by atoms with E-state index in [0.717, 1.165) is 29.6 Å². The third-order valence-electron chi connectivity index (χ3n) is 5.53. The molecule has 3 rings (SSSR count). The summed E-state index contributed by atoms with van der Waals surface area (Å²) >= 11 is 0. The van der Waals surface area contributed by atoms with Crippen molar-refractivity contribution in [2.24, 2.45) is 0 Å². The molecule has 0 aliphatic carbocycles. The van der Waals surface area contributed by atoms with Gasteiger partial charge in [-0.25, -0.2) is 4.79 Å². The molecule has 0 saturated heterocycles. The minimum atomic E-state index is -0.950. The molecule has 32 heavy (non-hydrogen) atoms. The average Bonchev–Trinajstić information content (AvgIpc) is 3.23. The molecule has 6 heteroatoms. The number of carboxylic acids is 1. The minimum absolute atomic E-state index is 0.409. The van der Waals surface area contributed by atoms with Crippen LogP contribution >= 0.6 is 0 Å². The van der Waals surface area contributed by atoms with Crippen molar-refractivity contribution in [3.05, 3.63) is 54.1 Å². The zero-order valence-corrected chi connectivity index (χ0v) is 19.1. The zero-order valence-electron chi connectivity index (χ0n) is 19.1. The summed E-state index contributed by atoms with van der Waals surface area (Å²) in [6, 6.07) is 16.0. The number of unbranched alkanes of at least 4 members (excludes halogenated alkanes) is 5. The molecular weight excluding hydrogens is 404 g/mol. The van der Waals surface area contributed by atoms with E-state index in [1.807, 2.05) is 42.5 Å². The van der Waals surface area contributed by atoms with Crippen molar-refractivity contribution in [2.75, 3.05) is 11.4 Å². The molecule has 0 saturated carbocycles. The second kappa shape index (κ2) is 12.1. The molecule has 0 aliphatic heterocycles. The van der Waals surface area contributed by atoms with E-state index >= 15 is 0 Å². The third-order valence-corrected chi connectivity index (χ3v) is 5.53. The Morgan fingerprint density at radius 3 is 2.59 bits per heavy atom. The van der Waals surface area contributed by atoms with Crippen LogP contribution in [0.2, 0.25) is 0 Å². The highest BCUT2D eigenvalue weighted by molar-refractivity contribution is 5.74. The van der Waals surface area contributed by atoms with Gasteiger partial charge in [0.1, 0.15) is 11.3 Å². The number of hydrogen-bond donors (Lipinski definition) is 1. The fourth-order valence-corrected chi connectivity index (χ4v) is 3.73. The maximum Gasteiger partial charge on any atom is 0.344 e. The largest absolute Gasteiger partial charge is 0.479 e. The van der Waals surface area contributed by atoms with E-state index in [-0.39, 0.29) is 0 Å². The molecule has 0 bridgehead atoms. The molecule has 1 atom stereocenters. The van der Waals surface area contributed by atoms with E-state index < -0.39 is 12.1 Å². The van der Waals surface area contributed by atoms with E-state index in [1.54, 1.807) is 13.0 Å².